The number of hydrogen-bond acceptors (Lipinski definition) is 17. The fraction of sp³-hybridized carbons (Fsp3) is 1.00. The number of nitrogens with zero attached hydrogens (tertiary/aromatic N) is 6. The summed E-state index contributed by atoms with van der Waals surface area (Å²) in [5, 5.41) is 0. The van der Waals surface area contributed by atoms with Crippen LogP contribution >= 0.6 is 73.8 Å². The molecule has 0 aromatic carbocycles. The molecule has 0 aliphatic carbocycles. The van der Waals surface area contributed by atoms with E-state index in [1.165, 1.54) is 29.4 Å². The summed E-state index contributed by atoms with van der Waals surface area (Å²) in [5.41, 5.74) is 0. The first-order valence-electron chi connectivity index (χ1n) is 14.3. The van der Waals surface area contributed by atoms with Gasteiger partial charge in [0.1, 0.15) is 26.5 Å². The molecular weight excluding hydrogens is 1050 g/mol. The second-order valence-corrected chi connectivity index (χ2v) is 26.4. The Morgan fingerprint density at radius 2 is 0.558 bits per heavy atom. The molecule has 1 unspecified atom stereocenters. The molecule has 7 N–H and O–H groups in total. The van der Waals surface area contributed by atoms with Gasteiger partial charge in [0, 0.05) is 91.1 Å². The summed E-state index contributed by atoms with van der Waals surface area (Å²) in [5.74, 6) is 0. The molecule has 2 aliphatic heterocycles. The Hall–Kier alpha value is 2.66. The Kier molecular flexibility index (Phi) is 28.4. The van der Waals surface area contributed by atoms with Crippen molar-refractivity contribution in [1.29, 1.82) is 0 Å². The maximum atomic E-state index is 11.2. The van der Waals surface area contributed by atoms with Gasteiger partial charge in [-0.1, -0.05) is 15.2 Å². The fourth-order valence-electron chi connectivity index (χ4n) is 4.74. The van der Waals surface area contributed by atoms with Crippen LogP contribution in [0.15, 0.2) is 0 Å². The first-order chi connectivity index (χ1) is 22.9. The van der Waals surface area contributed by atoms with Gasteiger partial charge in [-0.2, -0.15) is 0 Å². The van der Waals surface area contributed by atoms with Crippen LogP contribution in [0.5, 0.6) is 0 Å². The maximum absolute atomic E-state index is 11.2. The minimum absolute atomic E-state index is 0. The van der Waals surface area contributed by atoms with Crippen LogP contribution in [-0.2, 0) is 55.8 Å². The summed E-state index contributed by atoms with van der Waals surface area (Å²) >= 11 is 7.00. The standard InChI is InChI=1S/2C9H24N3O9P3.2BrH.2Fe/c2*13-22(14,15)7-10-1-2-11(8-23(16,17)18)5-6-12(4-3-10)9-24(19,20)21;;;;/h2*1-9H2,(H2,13,14,15)(H2,16,17,18)(H2,19,20,21);2*1H;;/q;;;;+2;+6/p-7. The zero-order valence-electron chi connectivity index (χ0n) is 27.2. The average Bonchev–Trinajstić information content (AvgIpc) is 3.01. The van der Waals surface area contributed by atoms with Gasteiger partial charge >= 0.3 is 79.4 Å². The van der Waals surface area contributed by atoms with Crippen LogP contribution in [-0.4, -0.2) is 180 Å². The van der Waals surface area contributed by atoms with Crippen molar-refractivity contribution in [2.45, 2.75) is 0 Å². The molecule has 52 heavy (non-hydrogen) atoms. The van der Waals surface area contributed by atoms with Crippen LogP contribution in [0.3, 0.4) is 0 Å². The van der Waals surface area contributed by atoms with E-state index >= 15 is 0 Å². The van der Waals surface area contributed by atoms with Gasteiger partial charge < -0.3 is 72.4 Å². The molecule has 0 radical (unpaired) electrons. The molecule has 0 spiro atoms. The molecule has 2 fully saturated rings. The summed E-state index contributed by atoms with van der Waals surface area (Å²) in [6, 6.07) is 0. The van der Waals surface area contributed by atoms with Gasteiger partial charge in [0.15, 0.2) is 0 Å². The van der Waals surface area contributed by atoms with Crippen LogP contribution < -0.4 is 24.5 Å². The van der Waals surface area contributed by atoms with Crippen molar-refractivity contribution < 1.29 is 115 Å². The molecule has 2 heterocycles. The molecule has 0 saturated carbocycles. The third-order valence-electron chi connectivity index (χ3n) is 6.67. The summed E-state index contributed by atoms with van der Waals surface area (Å²) < 4.78 is 66.4. The van der Waals surface area contributed by atoms with Crippen molar-refractivity contribution in [3.05, 3.63) is 0 Å². The zero-order chi connectivity index (χ0) is 39.9. The molecule has 0 aromatic rings. The largest absolute Gasteiger partial charge is 6.00 e. The van der Waals surface area contributed by atoms with Crippen LogP contribution in [0.4, 0.5) is 0 Å². The Balaban J connectivity index is 0. The second-order valence-electron chi connectivity index (χ2n) is 11.5. The minimum Gasteiger partial charge on any atom is 6.00 e. The smallest absolute Gasteiger partial charge is 6.00 e. The van der Waals surface area contributed by atoms with Crippen LogP contribution in [0.2, 0.25) is 0 Å². The molecule has 2 aliphatic rings. The quantitative estimate of drug-likeness (QED) is 0.0712. The topological polar surface area (TPSA) is 379 Å². The monoisotopic (exact) mass is 1090 g/mol. The molecule has 312 valence electrons. The molecule has 34 heteroatoms. The van der Waals surface area contributed by atoms with Gasteiger partial charge in [-0.25, -0.2) is 0 Å². The predicted molar refractivity (Wildman–Crippen MR) is 178 cm³/mol. The van der Waals surface area contributed by atoms with E-state index in [1.54, 1.807) is 0 Å². The van der Waals surface area contributed by atoms with E-state index < -0.39 is 83.3 Å². The van der Waals surface area contributed by atoms with E-state index in [9.17, 15) is 51.9 Å². The van der Waals surface area contributed by atoms with Crippen molar-refractivity contribution >= 4 is 73.8 Å². The Morgan fingerprint density at radius 1 is 0.404 bits per heavy atom. The van der Waals surface area contributed by atoms with Gasteiger partial charge in [-0.3, -0.25) is 43.1 Å². The minimum atomic E-state index is -4.86. The SMILES string of the molecule is O=P(O)(O)CN1CCN(CP(=O)(O)O)CCN(CP(=O)(O)O)CC1.O=P([O-])([O-])CN1CCN(CP(=O)([O-])[O-])CCN(CP(=O)([O-])O)CC1.[Br][Fe][Br].[Fe+6]. The van der Waals surface area contributed by atoms with E-state index in [2.05, 4.69) is 28.2 Å². The third kappa shape index (κ3) is 35.8. The fourth-order valence-corrected chi connectivity index (χ4v) is 9.49. The van der Waals surface area contributed by atoms with E-state index in [0.717, 1.165) is 11.3 Å². The Bertz CT molecular complexity index is 1050. The van der Waals surface area contributed by atoms with Crippen molar-refractivity contribution in [3.8, 4) is 0 Å². The summed E-state index contributed by atoms with van der Waals surface area (Å²) in [6.07, 6.45) is -3.88. The molecule has 2 saturated heterocycles. The van der Waals surface area contributed by atoms with Crippen molar-refractivity contribution in [2.75, 3.05) is 116 Å². The number of halogens is 2. The number of rotatable bonds is 12. The van der Waals surface area contributed by atoms with Crippen molar-refractivity contribution in [1.82, 2.24) is 29.4 Å². The summed E-state index contributed by atoms with van der Waals surface area (Å²) in [4.78, 5) is 126. The van der Waals surface area contributed by atoms with Gasteiger partial charge in [0.2, 0.25) is 0 Å². The van der Waals surface area contributed by atoms with Gasteiger partial charge in [0.05, 0.1) is 6.29 Å². The molecule has 0 bridgehead atoms. The van der Waals surface area contributed by atoms with Crippen LogP contribution in [0.25, 0.3) is 0 Å². The summed E-state index contributed by atoms with van der Waals surface area (Å²) in [6.45, 7) is 1.27. The number of hydrogen-bond donors (Lipinski definition) is 7. The summed E-state index contributed by atoms with van der Waals surface area (Å²) in [7, 11) is -27.3. The third-order valence-corrected chi connectivity index (χ3v) is 11.2. The average molecular weight is 1090 g/mol. The Labute approximate surface area is 332 Å². The van der Waals surface area contributed by atoms with E-state index in [1.807, 2.05) is 0 Å². The maximum Gasteiger partial charge on any atom is 6.00 e. The second kappa shape index (κ2) is 26.0. The predicted octanol–water partition coefficient (Wildman–Crippen LogP) is -4.85. The molecule has 2 rings (SSSR count). The molecule has 0 amide bonds. The Morgan fingerprint density at radius 3 is 0.692 bits per heavy atom. The van der Waals surface area contributed by atoms with Crippen molar-refractivity contribution in [2.24, 2.45) is 0 Å². The van der Waals surface area contributed by atoms with E-state index in [-0.39, 0.29) is 95.6 Å². The molecule has 24 nitrogen and oxygen atoms in total. The van der Waals surface area contributed by atoms with E-state index in [0.29, 0.717) is 0 Å². The first-order valence-corrected chi connectivity index (χ1v) is 30.3. The van der Waals surface area contributed by atoms with Crippen LogP contribution in [0, 0.1) is 0 Å². The van der Waals surface area contributed by atoms with Gasteiger partial charge in [-0.05, 0) is 0 Å². The normalized spacial score (nSPS) is 21.0. The molecule has 1 atom stereocenters. The molecular formula is C18H43Br2Fe2N6O18P6+. The zero-order valence-corrected chi connectivity index (χ0v) is 37.9. The first kappa shape index (κ1) is 56.8. The van der Waals surface area contributed by atoms with Crippen LogP contribution in [0.1, 0.15) is 0 Å². The molecule has 0 aromatic heterocycles. The van der Waals surface area contributed by atoms with Gasteiger partial charge in [0.25, 0.3) is 0 Å². The van der Waals surface area contributed by atoms with E-state index in [4.69, 9.17) is 34.3 Å². The van der Waals surface area contributed by atoms with Gasteiger partial charge in [-0.15, -0.1) is 0 Å². The van der Waals surface area contributed by atoms with Crippen molar-refractivity contribution in [3.63, 3.8) is 0 Å².